The van der Waals surface area contributed by atoms with Crippen LogP contribution in [0.2, 0.25) is 0 Å². The number of halogens is 3. The molecule has 1 atom stereocenters. The molecule has 0 saturated carbocycles. The van der Waals surface area contributed by atoms with Crippen LogP contribution in [0.4, 0.5) is 13.2 Å². The maximum absolute atomic E-state index is 12.8. The Morgan fingerprint density at radius 1 is 0.897 bits per heavy atom. The van der Waals surface area contributed by atoms with E-state index in [-0.39, 0.29) is 12.1 Å². The predicted molar refractivity (Wildman–Crippen MR) is 105 cm³/mol. The maximum atomic E-state index is 12.8. The summed E-state index contributed by atoms with van der Waals surface area (Å²) in [5.74, 6) is 0.720. The Bertz CT molecular complexity index is 913. The minimum atomic E-state index is -4.43. The molecular formula is C23H22F3NO2. The topological polar surface area (TPSA) is 41.5 Å². The van der Waals surface area contributed by atoms with Crippen LogP contribution in [-0.2, 0) is 19.3 Å². The van der Waals surface area contributed by atoms with Crippen LogP contribution < -0.4 is 10.1 Å². The largest absolute Gasteiger partial charge is 0.489 e. The van der Waals surface area contributed by atoms with Crippen molar-refractivity contribution in [3.63, 3.8) is 0 Å². The van der Waals surface area contributed by atoms with E-state index in [1.165, 1.54) is 12.1 Å². The van der Waals surface area contributed by atoms with Crippen molar-refractivity contribution < 1.29 is 23.0 Å². The van der Waals surface area contributed by atoms with Gasteiger partial charge in [-0.15, -0.1) is 0 Å². The molecule has 0 bridgehead atoms. The van der Waals surface area contributed by atoms with E-state index < -0.39 is 17.8 Å². The number of aliphatic hydroxyl groups is 1. The molecule has 0 heterocycles. The second kappa shape index (κ2) is 9.58. The lowest BCUT2D eigenvalue weighted by Gasteiger charge is -2.16. The van der Waals surface area contributed by atoms with Gasteiger partial charge < -0.3 is 15.2 Å². The van der Waals surface area contributed by atoms with Crippen molar-refractivity contribution >= 4 is 0 Å². The molecule has 0 fully saturated rings. The molecule has 0 saturated heterocycles. The maximum Gasteiger partial charge on any atom is 0.416 e. The van der Waals surface area contributed by atoms with Gasteiger partial charge in [-0.05, 0) is 29.3 Å². The van der Waals surface area contributed by atoms with E-state index in [4.69, 9.17) is 4.74 Å². The zero-order chi connectivity index (χ0) is 20.7. The minimum absolute atomic E-state index is 0.119. The second-order valence-corrected chi connectivity index (χ2v) is 6.65. The summed E-state index contributed by atoms with van der Waals surface area (Å²) in [5.41, 5.74) is 1.41. The summed E-state index contributed by atoms with van der Waals surface area (Å²) in [4.78, 5) is 0. The zero-order valence-corrected chi connectivity index (χ0v) is 15.7. The highest BCUT2D eigenvalue weighted by molar-refractivity contribution is 5.33. The number of ether oxygens (including phenoxy) is 1. The molecule has 3 aromatic rings. The lowest BCUT2D eigenvalue weighted by Crippen LogP contribution is -2.21. The lowest BCUT2D eigenvalue weighted by atomic mass is 10.1. The van der Waals surface area contributed by atoms with Crippen molar-refractivity contribution in [3.05, 3.63) is 101 Å². The monoisotopic (exact) mass is 401 g/mol. The molecule has 29 heavy (non-hydrogen) atoms. The van der Waals surface area contributed by atoms with Crippen LogP contribution in [0.25, 0.3) is 0 Å². The van der Waals surface area contributed by atoms with Gasteiger partial charge in [-0.3, -0.25) is 0 Å². The normalized spacial score (nSPS) is 12.6. The molecule has 0 aliphatic rings. The molecule has 0 radical (unpaired) electrons. The average Bonchev–Trinajstić information content (AvgIpc) is 2.73. The van der Waals surface area contributed by atoms with Gasteiger partial charge in [0.25, 0.3) is 0 Å². The molecule has 0 aromatic heterocycles. The van der Waals surface area contributed by atoms with E-state index in [2.05, 4.69) is 5.32 Å². The third kappa shape index (κ3) is 6.07. The molecule has 3 nitrogen and oxygen atoms in total. The van der Waals surface area contributed by atoms with Crippen LogP contribution in [0.15, 0.2) is 78.9 Å². The van der Waals surface area contributed by atoms with Gasteiger partial charge in [-0.2, -0.15) is 13.2 Å². The fraction of sp³-hybridized carbons (Fsp3) is 0.217. The number of para-hydroxylation sites is 1. The number of aliphatic hydroxyl groups excluding tert-OH is 1. The molecule has 6 heteroatoms. The van der Waals surface area contributed by atoms with Crippen LogP contribution in [0.5, 0.6) is 5.75 Å². The van der Waals surface area contributed by atoms with Crippen molar-refractivity contribution in [3.8, 4) is 5.75 Å². The first-order chi connectivity index (χ1) is 13.9. The Hall–Kier alpha value is -2.83. The second-order valence-electron chi connectivity index (χ2n) is 6.65. The van der Waals surface area contributed by atoms with Crippen LogP contribution in [0.3, 0.4) is 0 Å². The number of alkyl halides is 3. The number of nitrogens with one attached hydrogen (secondary N) is 1. The standard InChI is InChI=1S/C23H22F3NO2/c24-23(25,26)20-11-6-10-18(13-20)21(28)15-27-14-19-9-4-5-12-22(19)29-16-17-7-2-1-3-8-17/h1-13,21,27-28H,14-16H2. The molecule has 1 unspecified atom stereocenters. The Labute approximate surface area is 167 Å². The minimum Gasteiger partial charge on any atom is -0.489 e. The van der Waals surface area contributed by atoms with E-state index in [9.17, 15) is 18.3 Å². The summed E-state index contributed by atoms with van der Waals surface area (Å²) >= 11 is 0. The smallest absolute Gasteiger partial charge is 0.416 e. The van der Waals surface area contributed by atoms with Gasteiger partial charge in [-0.25, -0.2) is 0 Å². The SMILES string of the molecule is OC(CNCc1ccccc1OCc1ccccc1)c1cccc(C(F)(F)F)c1. The number of hydrogen-bond acceptors (Lipinski definition) is 3. The van der Waals surface area contributed by atoms with E-state index >= 15 is 0 Å². The Morgan fingerprint density at radius 3 is 2.38 bits per heavy atom. The molecule has 0 spiro atoms. The van der Waals surface area contributed by atoms with Gasteiger partial charge in [0.05, 0.1) is 11.7 Å². The molecule has 3 aromatic carbocycles. The van der Waals surface area contributed by atoms with Gasteiger partial charge in [0.2, 0.25) is 0 Å². The van der Waals surface area contributed by atoms with Crippen molar-refractivity contribution in [2.45, 2.75) is 25.4 Å². The lowest BCUT2D eigenvalue weighted by molar-refractivity contribution is -0.137. The fourth-order valence-electron chi connectivity index (χ4n) is 2.91. The van der Waals surface area contributed by atoms with E-state index in [1.807, 2.05) is 54.6 Å². The van der Waals surface area contributed by atoms with E-state index in [0.29, 0.717) is 13.2 Å². The average molecular weight is 401 g/mol. The third-order valence-corrected chi connectivity index (χ3v) is 4.46. The van der Waals surface area contributed by atoms with Crippen LogP contribution in [-0.4, -0.2) is 11.7 Å². The number of hydrogen-bond donors (Lipinski definition) is 2. The van der Waals surface area contributed by atoms with Crippen molar-refractivity contribution in [1.82, 2.24) is 5.32 Å². The molecule has 0 amide bonds. The van der Waals surface area contributed by atoms with E-state index in [1.54, 1.807) is 0 Å². The van der Waals surface area contributed by atoms with Gasteiger partial charge in [0.1, 0.15) is 12.4 Å². The van der Waals surface area contributed by atoms with Gasteiger partial charge in [0.15, 0.2) is 0 Å². The summed E-state index contributed by atoms with van der Waals surface area (Å²) < 4.78 is 44.4. The molecule has 0 aliphatic carbocycles. The summed E-state index contributed by atoms with van der Waals surface area (Å²) in [6, 6.07) is 22.1. The summed E-state index contributed by atoms with van der Waals surface area (Å²) in [6.07, 6.45) is -5.48. The number of benzene rings is 3. The van der Waals surface area contributed by atoms with Gasteiger partial charge >= 0.3 is 6.18 Å². The number of rotatable bonds is 8. The molecule has 152 valence electrons. The first-order valence-electron chi connectivity index (χ1n) is 9.24. The molecule has 2 N–H and O–H groups in total. The third-order valence-electron chi connectivity index (χ3n) is 4.46. The summed E-state index contributed by atoms with van der Waals surface area (Å²) in [7, 11) is 0. The summed E-state index contributed by atoms with van der Waals surface area (Å²) in [6.45, 7) is 0.972. The first kappa shape index (κ1) is 20.9. The van der Waals surface area contributed by atoms with Crippen molar-refractivity contribution in [2.75, 3.05) is 6.54 Å². The Balaban J connectivity index is 1.56. The van der Waals surface area contributed by atoms with Crippen LogP contribution in [0.1, 0.15) is 28.4 Å². The van der Waals surface area contributed by atoms with E-state index in [0.717, 1.165) is 29.0 Å². The molecule has 3 rings (SSSR count). The van der Waals surface area contributed by atoms with Crippen LogP contribution in [0, 0.1) is 0 Å². The summed E-state index contributed by atoms with van der Waals surface area (Å²) in [5, 5.41) is 13.3. The highest BCUT2D eigenvalue weighted by atomic mass is 19.4. The van der Waals surface area contributed by atoms with Gasteiger partial charge in [0, 0.05) is 18.7 Å². The highest BCUT2D eigenvalue weighted by Crippen LogP contribution is 2.30. The van der Waals surface area contributed by atoms with Gasteiger partial charge in [-0.1, -0.05) is 60.7 Å². The fourth-order valence-corrected chi connectivity index (χ4v) is 2.91. The quantitative estimate of drug-likeness (QED) is 0.551. The molecular weight excluding hydrogens is 379 g/mol. The molecule has 0 aliphatic heterocycles. The highest BCUT2D eigenvalue weighted by Gasteiger charge is 2.30. The predicted octanol–water partition coefficient (Wildman–Crippen LogP) is 5.11. The first-order valence-corrected chi connectivity index (χ1v) is 9.24. The van der Waals surface area contributed by atoms with Crippen LogP contribution >= 0.6 is 0 Å². The van der Waals surface area contributed by atoms with Crippen molar-refractivity contribution in [2.24, 2.45) is 0 Å². The Kier molecular flexibility index (Phi) is 6.90. The van der Waals surface area contributed by atoms with Crippen molar-refractivity contribution in [1.29, 1.82) is 0 Å². The zero-order valence-electron chi connectivity index (χ0n) is 15.7. The Morgan fingerprint density at radius 2 is 1.62 bits per heavy atom.